The average Bonchev–Trinajstić information content (AvgIpc) is 2.34. The van der Waals surface area contributed by atoms with Crippen LogP contribution in [-0.4, -0.2) is 17.9 Å². The quantitative estimate of drug-likeness (QED) is 0.748. The van der Waals surface area contributed by atoms with E-state index in [1.165, 1.54) is 5.30 Å². The minimum Gasteiger partial charge on any atom is -0.396 e. The van der Waals surface area contributed by atoms with E-state index in [2.05, 4.69) is 25.8 Å². The second-order valence-electron chi connectivity index (χ2n) is 3.29. The molecule has 1 N–H and O–H groups in total. The lowest BCUT2D eigenvalue weighted by molar-refractivity contribution is 0.322. The van der Waals surface area contributed by atoms with Crippen LogP contribution < -0.4 is 5.30 Å². The lowest BCUT2D eigenvalue weighted by Gasteiger charge is -2.11. The minimum absolute atomic E-state index is 0.224. The molecule has 2 heteroatoms. The summed E-state index contributed by atoms with van der Waals surface area (Å²) in [7, 11) is 0.604. The Balaban J connectivity index is 3.25. The highest BCUT2D eigenvalue weighted by atomic mass is 31.1. The molecule has 0 saturated heterocycles. The molecule has 0 spiro atoms. The highest BCUT2D eigenvalue weighted by Gasteiger charge is 2.06. The second kappa shape index (κ2) is 6.42. The van der Waals surface area contributed by atoms with Crippen molar-refractivity contribution < 1.29 is 5.11 Å². The summed E-state index contributed by atoms with van der Waals surface area (Å²) >= 11 is 0. The second-order valence-corrected chi connectivity index (χ2v) is 4.68. The largest absolute Gasteiger partial charge is 0.396 e. The van der Waals surface area contributed by atoms with Gasteiger partial charge < -0.3 is 5.11 Å². The van der Waals surface area contributed by atoms with Crippen molar-refractivity contribution in [2.24, 2.45) is 0 Å². The van der Waals surface area contributed by atoms with Crippen LogP contribution >= 0.6 is 8.58 Å². The number of aliphatic hydroxyl groups excluding tert-OH is 1. The summed E-state index contributed by atoms with van der Waals surface area (Å²) in [4.78, 5) is 0. The fraction of sp³-hybridized carbons (Fsp3) is 0.143. The summed E-state index contributed by atoms with van der Waals surface area (Å²) < 4.78 is 0. The standard InChI is InChI=1S/C14H17OP/c1-4-11-7-8-14(16-10-9-15)13(6-3)12(11)5-2/h4-8,15-16H,1-3,9-10H2. The smallest absolute Gasteiger partial charge is 0.0470 e. The number of hydrogen-bond donors (Lipinski definition) is 1. The molecule has 1 rings (SSSR count). The zero-order valence-corrected chi connectivity index (χ0v) is 10.4. The summed E-state index contributed by atoms with van der Waals surface area (Å²) in [6, 6.07) is 4.12. The molecule has 0 aliphatic rings. The molecule has 1 atom stereocenters. The Morgan fingerprint density at radius 1 is 1.06 bits per heavy atom. The highest BCUT2D eigenvalue weighted by Crippen LogP contribution is 2.22. The maximum Gasteiger partial charge on any atom is 0.0470 e. The van der Waals surface area contributed by atoms with Crippen LogP contribution in [0.4, 0.5) is 0 Å². The molecule has 1 unspecified atom stereocenters. The Morgan fingerprint density at radius 2 is 1.75 bits per heavy atom. The molecular weight excluding hydrogens is 215 g/mol. The first-order chi connectivity index (χ1) is 7.78. The molecule has 1 aromatic rings. The Labute approximate surface area is 99.0 Å². The molecule has 16 heavy (non-hydrogen) atoms. The van der Waals surface area contributed by atoms with Gasteiger partial charge in [-0.2, -0.15) is 0 Å². The van der Waals surface area contributed by atoms with Crippen molar-refractivity contribution in [3.05, 3.63) is 48.6 Å². The zero-order valence-electron chi connectivity index (χ0n) is 9.37. The fourth-order valence-electron chi connectivity index (χ4n) is 1.62. The van der Waals surface area contributed by atoms with E-state index >= 15 is 0 Å². The maximum atomic E-state index is 8.86. The summed E-state index contributed by atoms with van der Waals surface area (Å²) in [5.41, 5.74) is 3.26. The molecule has 0 saturated carbocycles. The third-order valence-corrected chi connectivity index (χ3v) is 3.67. The molecule has 1 aromatic carbocycles. The van der Waals surface area contributed by atoms with Crippen LogP contribution in [0.5, 0.6) is 0 Å². The topological polar surface area (TPSA) is 20.2 Å². The average molecular weight is 232 g/mol. The van der Waals surface area contributed by atoms with E-state index in [1.807, 2.05) is 24.3 Å². The summed E-state index contributed by atoms with van der Waals surface area (Å²) in [5, 5.41) is 10.1. The molecule has 0 bridgehead atoms. The van der Waals surface area contributed by atoms with Crippen molar-refractivity contribution in [2.45, 2.75) is 0 Å². The Hall–Kier alpha value is -1.17. The lowest BCUT2D eigenvalue weighted by Crippen LogP contribution is -2.05. The number of benzene rings is 1. The van der Waals surface area contributed by atoms with Gasteiger partial charge >= 0.3 is 0 Å². The van der Waals surface area contributed by atoms with Gasteiger partial charge in [0.15, 0.2) is 0 Å². The number of hydrogen-bond acceptors (Lipinski definition) is 1. The van der Waals surface area contributed by atoms with E-state index in [1.54, 1.807) is 0 Å². The molecule has 1 nitrogen and oxygen atoms in total. The van der Waals surface area contributed by atoms with E-state index in [0.29, 0.717) is 8.58 Å². The van der Waals surface area contributed by atoms with Crippen molar-refractivity contribution in [3.8, 4) is 0 Å². The summed E-state index contributed by atoms with van der Waals surface area (Å²) in [6.07, 6.45) is 6.30. The van der Waals surface area contributed by atoms with Crippen LogP contribution in [-0.2, 0) is 0 Å². The van der Waals surface area contributed by atoms with E-state index in [-0.39, 0.29) is 6.61 Å². The molecule has 0 amide bonds. The molecule has 0 fully saturated rings. The molecule has 0 aliphatic carbocycles. The summed E-state index contributed by atoms with van der Waals surface area (Å²) in [6.45, 7) is 11.7. The monoisotopic (exact) mass is 232 g/mol. The Morgan fingerprint density at radius 3 is 2.25 bits per heavy atom. The van der Waals surface area contributed by atoms with Gasteiger partial charge in [-0.3, -0.25) is 0 Å². The van der Waals surface area contributed by atoms with Crippen molar-refractivity contribution in [1.82, 2.24) is 0 Å². The van der Waals surface area contributed by atoms with Gasteiger partial charge in [-0.1, -0.05) is 58.7 Å². The third-order valence-electron chi connectivity index (χ3n) is 2.38. The number of rotatable bonds is 6. The molecule has 0 aromatic heterocycles. The van der Waals surface area contributed by atoms with Gasteiger partial charge in [0.2, 0.25) is 0 Å². The third kappa shape index (κ3) is 2.69. The van der Waals surface area contributed by atoms with E-state index in [4.69, 9.17) is 5.11 Å². The summed E-state index contributed by atoms with van der Waals surface area (Å²) in [5.74, 6) is 0. The zero-order chi connectivity index (χ0) is 12.0. The van der Waals surface area contributed by atoms with Gasteiger partial charge in [-0.05, 0) is 28.2 Å². The van der Waals surface area contributed by atoms with Crippen LogP contribution in [0.3, 0.4) is 0 Å². The van der Waals surface area contributed by atoms with Crippen molar-refractivity contribution in [3.63, 3.8) is 0 Å². The van der Waals surface area contributed by atoms with Gasteiger partial charge in [-0.25, -0.2) is 0 Å². The van der Waals surface area contributed by atoms with Crippen molar-refractivity contribution in [2.75, 3.05) is 12.8 Å². The first-order valence-electron chi connectivity index (χ1n) is 5.17. The van der Waals surface area contributed by atoms with Gasteiger partial charge in [0.1, 0.15) is 0 Å². The molecule has 84 valence electrons. The van der Waals surface area contributed by atoms with E-state index in [0.717, 1.165) is 22.9 Å². The Kier molecular flexibility index (Phi) is 5.18. The van der Waals surface area contributed by atoms with Crippen molar-refractivity contribution >= 4 is 32.1 Å². The lowest BCUT2D eigenvalue weighted by atomic mass is 10.0. The van der Waals surface area contributed by atoms with Gasteiger partial charge in [-0.15, -0.1) is 0 Å². The SMILES string of the molecule is C=Cc1ccc(PCCO)c(C=C)c1C=C. The van der Waals surface area contributed by atoms with Gasteiger partial charge in [0.25, 0.3) is 0 Å². The predicted molar refractivity (Wildman–Crippen MR) is 76.6 cm³/mol. The van der Waals surface area contributed by atoms with Gasteiger partial charge in [0.05, 0.1) is 0 Å². The van der Waals surface area contributed by atoms with Crippen LogP contribution in [0.25, 0.3) is 18.2 Å². The molecule has 0 heterocycles. The van der Waals surface area contributed by atoms with Gasteiger partial charge in [0, 0.05) is 6.61 Å². The Bertz CT molecular complexity index is 407. The van der Waals surface area contributed by atoms with E-state index in [9.17, 15) is 0 Å². The molecule has 0 aliphatic heterocycles. The molecule has 0 radical (unpaired) electrons. The highest BCUT2D eigenvalue weighted by molar-refractivity contribution is 7.47. The van der Waals surface area contributed by atoms with E-state index < -0.39 is 0 Å². The number of aliphatic hydroxyl groups is 1. The first-order valence-corrected chi connectivity index (χ1v) is 6.38. The molecular formula is C14H17OP. The normalized spacial score (nSPS) is 10.6. The predicted octanol–water partition coefficient (Wildman–Crippen LogP) is 2.91. The maximum absolute atomic E-state index is 8.86. The minimum atomic E-state index is 0.224. The van der Waals surface area contributed by atoms with Crippen LogP contribution in [0, 0.1) is 0 Å². The fourth-order valence-corrected chi connectivity index (χ4v) is 2.63. The van der Waals surface area contributed by atoms with Crippen LogP contribution in [0.15, 0.2) is 31.9 Å². The first kappa shape index (κ1) is 12.9. The van der Waals surface area contributed by atoms with Crippen LogP contribution in [0.1, 0.15) is 16.7 Å². The van der Waals surface area contributed by atoms with Crippen molar-refractivity contribution in [1.29, 1.82) is 0 Å². The van der Waals surface area contributed by atoms with Crippen LogP contribution in [0.2, 0.25) is 0 Å².